The fourth-order valence-electron chi connectivity index (χ4n) is 3.45. The predicted octanol–water partition coefficient (Wildman–Crippen LogP) is 1.43. The van der Waals surface area contributed by atoms with Gasteiger partial charge in [0.1, 0.15) is 5.75 Å². The predicted molar refractivity (Wildman–Crippen MR) is 109 cm³/mol. The molecule has 3 N–H and O–H groups in total. The quantitative estimate of drug-likeness (QED) is 0.504. The van der Waals surface area contributed by atoms with Gasteiger partial charge in [0.15, 0.2) is 12.6 Å². The van der Waals surface area contributed by atoms with Gasteiger partial charge in [0.25, 0.3) is 5.91 Å². The number of rotatable bonds is 9. The Bertz CT molecular complexity index is 631. The molecule has 1 atom stereocenters. The Kier molecular flexibility index (Phi) is 8.39. The van der Waals surface area contributed by atoms with Crippen LogP contribution in [0.3, 0.4) is 0 Å². The third kappa shape index (κ3) is 6.43. The van der Waals surface area contributed by atoms with Crippen molar-refractivity contribution in [3.8, 4) is 5.75 Å². The largest absolute Gasteiger partial charge is 0.484 e. The van der Waals surface area contributed by atoms with Crippen molar-refractivity contribution in [3.05, 3.63) is 29.8 Å². The number of carbonyl (C=O) groups excluding carboxylic acids is 1. The summed E-state index contributed by atoms with van der Waals surface area (Å²) < 4.78 is 5.37. The normalized spacial score (nSPS) is 17.4. The van der Waals surface area contributed by atoms with Crippen LogP contribution in [0.15, 0.2) is 29.3 Å². The molecule has 1 unspecified atom stereocenters. The minimum Gasteiger partial charge on any atom is -0.484 e. The van der Waals surface area contributed by atoms with Crippen LogP contribution in [0.5, 0.6) is 5.75 Å². The third-order valence-electron chi connectivity index (χ3n) is 4.82. The van der Waals surface area contributed by atoms with Gasteiger partial charge in [-0.15, -0.1) is 0 Å². The lowest BCUT2D eigenvalue weighted by atomic mass is 10.2. The maximum absolute atomic E-state index is 10.9. The van der Waals surface area contributed by atoms with E-state index in [4.69, 9.17) is 15.5 Å². The number of likely N-dealkylation sites (N-methyl/N-ethyl adjacent to an activating group) is 1. The molecule has 1 heterocycles. The van der Waals surface area contributed by atoms with Gasteiger partial charge in [-0.2, -0.15) is 0 Å². The van der Waals surface area contributed by atoms with E-state index in [0.717, 1.165) is 44.2 Å². The number of nitrogens with zero attached hydrogens (tertiary/aromatic N) is 3. The summed E-state index contributed by atoms with van der Waals surface area (Å²) in [6.07, 6.45) is 1.17. The summed E-state index contributed by atoms with van der Waals surface area (Å²) in [5, 5.41) is 3.41. The summed E-state index contributed by atoms with van der Waals surface area (Å²) in [4.78, 5) is 20.5. The summed E-state index contributed by atoms with van der Waals surface area (Å²) in [6.45, 7) is 12.0. The first-order valence-corrected chi connectivity index (χ1v) is 9.84. The Hall–Kier alpha value is -2.28. The van der Waals surface area contributed by atoms with Crippen LogP contribution in [0.2, 0.25) is 0 Å². The molecule has 1 aromatic carbocycles. The molecular weight excluding hydrogens is 342 g/mol. The molecular formula is C20H33N5O2. The van der Waals surface area contributed by atoms with E-state index in [2.05, 4.69) is 35.9 Å². The monoisotopic (exact) mass is 375 g/mol. The van der Waals surface area contributed by atoms with Gasteiger partial charge in [0.2, 0.25) is 0 Å². The number of nitrogens with one attached hydrogen (secondary N) is 1. The van der Waals surface area contributed by atoms with Gasteiger partial charge in [0.05, 0.1) is 6.54 Å². The van der Waals surface area contributed by atoms with Crippen molar-refractivity contribution in [2.45, 2.75) is 39.8 Å². The van der Waals surface area contributed by atoms with Crippen molar-refractivity contribution >= 4 is 11.9 Å². The first kappa shape index (κ1) is 21.0. The zero-order valence-corrected chi connectivity index (χ0v) is 16.8. The van der Waals surface area contributed by atoms with Crippen molar-refractivity contribution < 1.29 is 9.53 Å². The van der Waals surface area contributed by atoms with Crippen LogP contribution in [0.1, 0.15) is 32.8 Å². The highest BCUT2D eigenvalue weighted by molar-refractivity contribution is 5.80. The zero-order chi connectivity index (χ0) is 19.6. The van der Waals surface area contributed by atoms with Crippen LogP contribution in [-0.2, 0) is 11.3 Å². The molecule has 1 saturated heterocycles. The lowest BCUT2D eigenvalue weighted by Gasteiger charge is -2.27. The van der Waals surface area contributed by atoms with E-state index in [9.17, 15) is 4.79 Å². The Labute approximate surface area is 162 Å². The molecule has 0 aliphatic carbocycles. The number of guanidine groups is 1. The molecule has 1 amide bonds. The van der Waals surface area contributed by atoms with Crippen molar-refractivity contribution in [1.82, 2.24) is 15.1 Å². The fraction of sp³-hybridized carbons (Fsp3) is 0.600. The molecule has 0 bridgehead atoms. The second kappa shape index (κ2) is 10.8. The standard InChI is InChI=1S/C20H33N5O2/c1-4-22-20(25-11-10-17(14-25)24(5-2)6-3)23-13-16-8-7-9-18(12-16)27-15-19(21)26/h7-9,12,17H,4-6,10-11,13-15H2,1-3H3,(H2,21,26)(H,22,23). The second-order valence-electron chi connectivity index (χ2n) is 6.68. The number of benzene rings is 1. The molecule has 7 heteroatoms. The number of hydrogen-bond acceptors (Lipinski definition) is 4. The highest BCUT2D eigenvalue weighted by atomic mass is 16.5. The van der Waals surface area contributed by atoms with Crippen LogP contribution in [0, 0.1) is 0 Å². The molecule has 0 aromatic heterocycles. The number of carbonyl (C=O) groups is 1. The summed E-state index contributed by atoms with van der Waals surface area (Å²) in [5.41, 5.74) is 6.16. The van der Waals surface area contributed by atoms with Crippen molar-refractivity contribution in [2.75, 3.05) is 39.3 Å². The van der Waals surface area contributed by atoms with Crippen LogP contribution in [0.4, 0.5) is 0 Å². The number of ether oxygens (including phenoxy) is 1. The van der Waals surface area contributed by atoms with Crippen LogP contribution in [0.25, 0.3) is 0 Å². The SMILES string of the molecule is CCNC(=NCc1cccc(OCC(N)=O)c1)N1CCC(N(CC)CC)C1. The first-order chi connectivity index (χ1) is 13.1. The maximum Gasteiger partial charge on any atom is 0.255 e. The van der Waals surface area contributed by atoms with E-state index < -0.39 is 5.91 Å². The molecule has 7 nitrogen and oxygen atoms in total. The van der Waals surface area contributed by atoms with Crippen molar-refractivity contribution in [2.24, 2.45) is 10.7 Å². The fourth-order valence-corrected chi connectivity index (χ4v) is 3.45. The third-order valence-corrected chi connectivity index (χ3v) is 4.82. The minimum absolute atomic E-state index is 0.115. The lowest BCUT2D eigenvalue weighted by molar-refractivity contribution is -0.119. The van der Waals surface area contributed by atoms with Gasteiger partial charge in [-0.05, 0) is 44.1 Å². The highest BCUT2D eigenvalue weighted by Gasteiger charge is 2.27. The summed E-state index contributed by atoms with van der Waals surface area (Å²) in [6, 6.07) is 8.22. The second-order valence-corrected chi connectivity index (χ2v) is 6.68. The topological polar surface area (TPSA) is 83.2 Å². The van der Waals surface area contributed by atoms with Gasteiger partial charge in [-0.25, -0.2) is 4.99 Å². The number of hydrogen-bond donors (Lipinski definition) is 2. The van der Waals surface area contributed by atoms with Gasteiger partial charge in [0, 0.05) is 25.7 Å². The average Bonchev–Trinajstić information content (AvgIpc) is 3.14. The Balaban J connectivity index is 2.01. The zero-order valence-electron chi connectivity index (χ0n) is 16.8. The molecule has 0 saturated carbocycles. The van der Waals surface area contributed by atoms with E-state index in [0.29, 0.717) is 18.3 Å². The molecule has 1 fully saturated rings. The number of amides is 1. The van der Waals surface area contributed by atoms with Gasteiger partial charge in [-0.3, -0.25) is 9.69 Å². The Morgan fingerprint density at radius 1 is 1.37 bits per heavy atom. The van der Waals surface area contributed by atoms with Crippen molar-refractivity contribution in [3.63, 3.8) is 0 Å². The van der Waals surface area contributed by atoms with Crippen LogP contribution < -0.4 is 15.8 Å². The highest BCUT2D eigenvalue weighted by Crippen LogP contribution is 2.17. The van der Waals surface area contributed by atoms with Crippen molar-refractivity contribution in [1.29, 1.82) is 0 Å². The van der Waals surface area contributed by atoms with E-state index >= 15 is 0 Å². The molecule has 150 valence electrons. The molecule has 0 spiro atoms. The smallest absolute Gasteiger partial charge is 0.255 e. The van der Waals surface area contributed by atoms with E-state index in [1.165, 1.54) is 6.42 Å². The lowest BCUT2D eigenvalue weighted by Crippen LogP contribution is -2.43. The van der Waals surface area contributed by atoms with E-state index in [1.54, 1.807) is 0 Å². The summed E-state index contributed by atoms with van der Waals surface area (Å²) >= 11 is 0. The number of primary amides is 1. The summed E-state index contributed by atoms with van der Waals surface area (Å²) in [5.74, 6) is 1.11. The van der Waals surface area contributed by atoms with Gasteiger partial charge < -0.3 is 20.7 Å². The number of nitrogens with two attached hydrogens (primary N) is 1. The molecule has 1 aromatic rings. The Morgan fingerprint density at radius 3 is 2.81 bits per heavy atom. The van der Waals surface area contributed by atoms with Gasteiger partial charge >= 0.3 is 0 Å². The Morgan fingerprint density at radius 2 is 2.15 bits per heavy atom. The molecule has 1 aliphatic heterocycles. The maximum atomic E-state index is 10.9. The summed E-state index contributed by atoms with van der Waals surface area (Å²) in [7, 11) is 0. The van der Waals surface area contributed by atoms with Crippen LogP contribution >= 0.6 is 0 Å². The molecule has 0 radical (unpaired) electrons. The minimum atomic E-state index is -0.482. The average molecular weight is 376 g/mol. The first-order valence-electron chi connectivity index (χ1n) is 9.84. The molecule has 27 heavy (non-hydrogen) atoms. The molecule has 1 aliphatic rings. The van der Waals surface area contributed by atoms with E-state index in [-0.39, 0.29) is 6.61 Å². The molecule has 2 rings (SSSR count). The van der Waals surface area contributed by atoms with Gasteiger partial charge in [-0.1, -0.05) is 26.0 Å². The number of aliphatic imine (C=N–C) groups is 1. The van der Waals surface area contributed by atoms with E-state index in [1.807, 2.05) is 24.3 Å². The van der Waals surface area contributed by atoms with Crippen LogP contribution in [-0.4, -0.2) is 67.0 Å². The number of likely N-dealkylation sites (tertiary alicyclic amines) is 1.